The predicted molar refractivity (Wildman–Crippen MR) is 66.7 cm³/mol. The smallest absolute Gasteiger partial charge is 0.0685 e. The van der Waals surface area contributed by atoms with Gasteiger partial charge < -0.3 is 15.2 Å². The van der Waals surface area contributed by atoms with Gasteiger partial charge in [0, 0.05) is 35.4 Å². The topological polar surface area (TPSA) is 41.5 Å². The highest BCUT2D eigenvalue weighted by atomic mass is 16.5. The molecule has 1 heterocycles. The van der Waals surface area contributed by atoms with Crippen molar-refractivity contribution in [2.24, 2.45) is 16.7 Å². The largest absolute Gasteiger partial charge is 0.392 e. The number of fused-ring (bicyclic) bond motifs is 1. The standard InChI is InChI=1S/C14H25NO2/c1-13(2)9(7-10(13)16)15-11-8-5-6-17-12(8)14(11,3)4/h8-12,15-16H,5-7H2,1-4H3. The minimum atomic E-state index is -0.140. The molecule has 3 rings (SSSR count). The summed E-state index contributed by atoms with van der Waals surface area (Å²) in [5.74, 6) is 0.693. The quantitative estimate of drug-likeness (QED) is 0.768. The van der Waals surface area contributed by atoms with Crippen molar-refractivity contribution < 1.29 is 9.84 Å². The summed E-state index contributed by atoms with van der Waals surface area (Å²) < 4.78 is 5.81. The molecule has 0 amide bonds. The van der Waals surface area contributed by atoms with Crippen LogP contribution in [0.4, 0.5) is 0 Å². The molecular weight excluding hydrogens is 214 g/mol. The lowest BCUT2D eigenvalue weighted by Gasteiger charge is -2.60. The lowest BCUT2D eigenvalue weighted by atomic mass is 9.55. The molecular formula is C14H25NO2. The van der Waals surface area contributed by atoms with E-state index in [-0.39, 0.29) is 16.9 Å². The number of hydrogen-bond acceptors (Lipinski definition) is 3. The van der Waals surface area contributed by atoms with E-state index in [0.29, 0.717) is 24.1 Å². The van der Waals surface area contributed by atoms with E-state index in [4.69, 9.17) is 4.74 Å². The Morgan fingerprint density at radius 1 is 1.18 bits per heavy atom. The van der Waals surface area contributed by atoms with Crippen molar-refractivity contribution in [1.29, 1.82) is 0 Å². The van der Waals surface area contributed by atoms with Crippen LogP contribution in [0.2, 0.25) is 0 Å². The first-order chi connectivity index (χ1) is 7.85. The Morgan fingerprint density at radius 2 is 1.88 bits per heavy atom. The van der Waals surface area contributed by atoms with Crippen LogP contribution in [0.1, 0.15) is 40.5 Å². The van der Waals surface area contributed by atoms with Gasteiger partial charge in [0.2, 0.25) is 0 Å². The first kappa shape index (κ1) is 11.9. The number of nitrogens with one attached hydrogen (secondary N) is 1. The zero-order valence-corrected chi connectivity index (χ0v) is 11.4. The SMILES string of the molecule is CC1(C)C(O)CC1NC1C2CCOC2C1(C)C. The monoisotopic (exact) mass is 239 g/mol. The molecule has 0 aromatic carbocycles. The highest BCUT2D eigenvalue weighted by Crippen LogP contribution is 2.53. The molecule has 2 aliphatic carbocycles. The van der Waals surface area contributed by atoms with Crippen LogP contribution < -0.4 is 5.32 Å². The van der Waals surface area contributed by atoms with E-state index in [1.54, 1.807) is 0 Å². The first-order valence-corrected chi connectivity index (χ1v) is 6.91. The first-order valence-electron chi connectivity index (χ1n) is 6.91. The van der Waals surface area contributed by atoms with E-state index in [1.807, 2.05) is 0 Å². The van der Waals surface area contributed by atoms with Gasteiger partial charge in [0.05, 0.1) is 12.2 Å². The van der Waals surface area contributed by atoms with Crippen molar-refractivity contribution in [1.82, 2.24) is 5.32 Å². The maximum absolute atomic E-state index is 9.80. The molecule has 98 valence electrons. The fraction of sp³-hybridized carbons (Fsp3) is 1.00. The van der Waals surface area contributed by atoms with Gasteiger partial charge in [0.15, 0.2) is 0 Å². The van der Waals surface area contributed by atoms with Gasteiger partial charge in [-0.1, -0.05) is 27.7 Å². The molecule has 2 N–H and O–H groups in total. The number of hydrogen-bond donors (Lipinski definition) is 2. The average molecular weight is 239 g/mol. The molecule has 17 heavy (non-hydrogen) atoms. The van der Waals surface area contributed by atoms with Crippen LogP contribution in [0.5, 0.6) is 0 Å². The Labute approximate surface area is 104 Å². The Bertz CT molecular complexity index is 326. The Kier molecular flexibility index (Phi) is 2.43. The Morgan fingerprint density at radius 3 is 2.47 bits per heavy atom. The summed E-state index contributed by atoms with van der Waals surface area (Å²) in [7, 11) is 0. The molecule has 0 radical (unpaired) electrons. The third kappa shape index (κ3) is 1.45. The second kappa shape index (κ2) is 3.46. The van der Waals surface area contributed by atoms with Crippen molar-refractivity contribution in [3.8, 4) is 0 Å². The van der Waals surface area contributed by atoms with E-state index in [0.717, 1.165) is 13.0 Å². The van der Waals surface area contributed by atoms with Crippen molar-refractivity contribution in [3.63, 3.8) is 0 Å². The van der Waals surface area contributed by atoms with E-state index in [1.165, 1.54) is 6.42 Å². The molecule has 0 bridgehead atoms. The lowest BCUT2D eigenvalue weighted by Crippen LogP contribution is -2.72. The number of aliphatic hydroxyl groups is 1. The number of ether oxygens (including phenoxy) is 1. The Balaban J connectivity index is 1.67. The maximum Gasteiger partial charge on any atom is 0.0685 e. The predicted octanol–water partition coefficient (Wildman–Crippen LogP) is 1.55. The summed E-state index contributed by atoms with van der Waals surface area (Å²) in [6.07, 6.45) is 2.41. The summed E-state index contributed by atoms with van der Waals surface area (Å²) in [6, 6.07) is 1.02. The van der Waals surface area contributed by atoms with Crippen LogP contribution in [0.25, 0.3) is 0 Å². The Hall–Kier alpha value is -0.120. The molecule has 2 saturated carbocycles. The van der Waals surface area contributed by atoms with Gasteiger partial charge in [0.1, 0.15) is 0 Å². The molecule has 3 fully saturated rings. The molecule has 5 unspecified atom stereocenters. The van der Waals surface area contributed by atoms with Gasteiger partial charge >= 0.3 is 0 Å². The molecule has 1 aliphatic heterocycles. The molecule has 1 saturated heterocycles. The average Bonchev–Trinajstić information content (AvgIpc) is 2.70. The van der Waals surface area contributed by atoms with E-state index >= 15 is 0 Å². The van der Waals surface area contributed by atoms with Crippen LogP contribution in [-0.4, -0.2) is 36.0 Å². The number of rotatable bonds is 2. The zero-order valence-electron chi connectivity index (χ0n) is 11.4. The fourth-order valence-electron chi connectivity index (χ4n) is 4.06. The van der Waals surface area contributed by atoms with Gasteiger partial charge in [-0.2, -0.15) is 0 Å². The molecule has 5 atom stereocenters. The molecule has 0 aromatic heterocycles. The summed E-state index contributed by atoms with van der Waals surface area (Å²) in [4.78, 5) is 0. The summed E-state index contributed by atoms with van der Waals surface area (Å²) in [6.45, 7) is 9.85. The van der Waals surface area contributed by atoms with Gasteiger partial charge in [0.25, 0.3) is 0 Å². The molecule has 3 heteroatoms. The highest BCUT2D eigenvalue weighted by Gasteiger charge is 2.61. The summed E-state index contributed by atoms with van der Waals surface area (Å²) in [5.41, 5.74) is 0.276. The van der Waals surface area contributed by atoms with Gasteiger partial charge in [-0.05, 0) is 12.8 Å². The second-order valence-electron chi connectivity index (χ2n) is 7.34. The maximum atomic E-state index is 9.80. The van der Waals surface area contributed by atoms with Crippen LogP contribution in [0.3, 0.4) is 0 Å². The number of aliphatic hydroxyl groups excluding tert-OH is 1. The summed E-state index contributed by atoms with van der Waals surface area (Å²) in [5, 5.41) is 13.6. The molecule has 3 aliphatic rings. The minimum Gasteiger partial charge on any atom is -0.392 e. The molecule has 0 aromatic rings. The van der Waals surface area contributed by atoms with Crippen LogP contribution in [-0.2, 0) is 4.74 Å². The third-order valence-electron chi connectivity index (χ3n) is 5.70. The van der Waals surface area contributed by atoms with Crippen molar-refractivity contribution in [2.45, 2.75) is 64.8 Å². The second-order valence-corrected chi connectivity index (χ2v) is 7.34. The molecule has 0 spiro atoms. The lowest BCUT2D eigenvalue weighted by molar-refractivity contribution is -0.141. The fourth-order valence-corrected chi connectivity index (χ4v) is 4.06. The van der Waals surface area contributed by atoms with Gasteiger partial charge in [-0.3, -0.25) is 0 Å². The minimum absolute atomic E-state index is 0.0284. The summed E-state index contributed by atoms with van der Waals surface area (Å²) >= 11 is 0. The van der Waals surface area contributed by atoms with Crippen LogP contribution >= 0.6 is 0 Å². The van der Waals surface area contributed by atoms with Crippen LogP contribution in [0, 0.1) is 16.7 Å². The van der Waals surface area contributed by atoms with E-state index in [9.17, 15) is 5.11 Å². The van der Waals surface area contributed by atoms with Gasteiger partial charge in [-0.15, -0.1) is 0 Å². The van der Waals surface area contributed by atoms with E-state index < -0.39 is 0 Å². The van der Waals surface area contributed by atoms with Gasteiger partial charge in [-0.25, -0.2) is 0 Å². The van der Waals surface area contributed by atoms with Crippen molar-refractivity contribution in [2.75, 3.05) is 6.61 Å². The zero-order chi connectivity index (χ0) is 12.4. The molecule has 3 nitrogen and oxygen atoms in total. The normalized spacial score (nSPS) is 50.3. The van der Waals surface area contributed by atoms with E-state index in [2.05, 4.69) is 33.0 Å². The third-order valence-corrected chi connectivity index (χ3v) is 5.70. The van der Waals surface area contributed by atoms with Crippen LogP contribution in [0.15, 0.2) is 0 Å². The highest BCUT2D eigenvalue weighted by molar-refractivity contribution is 5.14. The van der Waals surface area contributed by atoms with Crippen molar-refractivity contribution in [3.05, 3.63) is 0 Å². The van der Waals surface area contributed by atoms with Crippen molar-refractivity contribution >= 4 is 0 Å².